The predicted molar refractivity (Wildman–Crippen MR) is 68.1 cm³/mol. The molecule has 86 valence electrons. The van der Waals surface area contributed by atoms with Gasteiger partial charge < -0.3 is 5.73 Å². The fraction of sp³-hybridized carbons (Fsp3) is 0.364. The van der Waals surface area contributed by atoms with Crippen molar-refractivity contribution in [2.45, 2.75) is 25.9 Å². The molecular weight excluding hydrogens is 242 g/mol. The van der Waals surface area contributed by atoms with Crippen molar-refractivity contribution in [2.75, 3.05) is 0 Å². The number of nitrogens with two attached hydrogens (primary N) is 1. The molecule has 2 rings (SSSR count). The molecule has 2 N–H and O–H groups in total. The van der Waals surface area contributed by atoms with Gasteiger partial charge in [0.1, 0.15) is 0 Å². The van der Waals surface area contributed by atoms with Gasteiger partial charge in [-0.15, -0.1) is 0 Å². The van der Waals surface area contributed by atoms with Gasteiger partial charge in [0.05, 0.1) is 16.8 Å². The lowest BCUT2D eigenvalue weighted by molar-refractivity contribution is 0.453. The monoisotopic (exact) mass is 255 g/mol. The Bertz CT molecular complexity index is 442. The van der Waals surface area contributed by atoms with Gasteiger partial charge in [0.25, 0.3) is 0 Å². The Kier molecular flexibility index (Phi) is 3.33. The molecule has 3 nitrogen and oxygen atoms in total. The highest BCUT2D eigenvalue weighted by Crippen LogP contribution is 2.25. The summed E-state index contributed by atoms with van der Waals surface area (Å²) in [5, 5.41) is 9.22. The molecule has 5 heteroatoms. The number of hydrogen-bond donors (Lipinski definition) is 1. The molecule has 0 aliphatic rings. The second-order valence-corrected chi connectivity index (χ2v) is 5.09. The van der Waals surface area contributed by atoms with Gasteiger partial charge in [0, 0.05) is 12.2 Å². The molecule has 0 bridgehead atoms. The van der Waals surface area contributed by atoms with E-state index in [2.05, 4.69) is 16.5 Å². The first kappa shape index (κ1) is 11.6. The molecule has 0 spiro atoms. The summed E-state index contributed by atoms with van der Waals surface area (Å²) >= 11 is 7.68. The lowest BCUT2D eigenvalue weighted by Crippen LogP contribution is -2.30. The zero-order valence-corrected chi connectivity index (χ0v) is 10.8. The van der Waals surface area contributed by atoms with Gasteiger partial charge in [-0.3, -0.25) is 4.68 Å². The number of rotatable bonds is 3. The van der Waals surface area contributed by atoms with Crippen LogP contribution in [-0.4, -0.2) is 15.8 Å². The van der Waals surface area contributed by atoms with E-state index >= 15 is 0 Å². The lowest BCUT2D eigenvalue weighted by atomic mass is 10.1. The molecule has 0 amide bonds. The minimum atomic E-state index is -0.00929. The third-order valence-corrected chi connectivity index (χ3v) is 3.60. The molecule has 0 aliphatic heterocycles. The van der Waals surface area contributed by atoms with Crippen LogP contribution in [0.2, 0.25) is 5.02 Å². The first-order valence-electron chi connectivity index (χ1n) is 5.08. The summed E-state index contributed by atoms with van der Waals surface area (Å²) in [6.07, 6.45) is 1.84. The number of aromatic nitrogens is 2. The first-order valence-corrected chi connectivity index (χ1v) is 6.40. The zero-order valence-electron chi connectivity index (χ0n) is 9.22. The maximum absolute atomic E-state index is 6.02. The van der Waals surface area contributed by atoms with Gasteiger partial charge in [-0.05, 0) is 36.2 Å². The average molecular weight is 256 g/mol. The largest absolute Gasteiger partial charge is 0.326 e. The Morgan fingerprint density at radius 1 is 1.56 bits per heavy atom. The van der Waals surface area contributed by atoms with Crippen LogP contribution in [0.15, 0.2) is 23.0 Å². The third kappa shape index (κ3) is 2.14. The second-order valence-electron chi connectivity index (χ2n) is 3.90. The Balaban J connectivity index is 2.41. The SMILES string of the molecule is Cc1nn(C(c2ccsc2)C(C)N)cc1Cl. The highest BCUT2D eigenvalue weighted by molar-refractivity contribution is 7.07. The van der Waals surface area contributed by atoms with E-state index in [-0.39, 0.29) is 12.1 Å². The molecule has 2 aromatic rings. The predicted octanol–water partition coefficient (Wildman–Crippen LogP) is 2.84. The lowest BCUT2D eigenvalue weighted by Gasteiger charge is -2.20. The van der Waals surface area contributed by atoms with Gasteiger partial charge in [0.15, 0.2) is 0 Å². The Hall–Kier alpha value is -0.840. The van der Waals surface area contributed by atoms with Crippen molar-refractivity contribution in [3.63, 3.8) is 0 Å². The van der Waals surface area contributed by atoms with E-state index in [0.29, 0.717) is 5.02 Å². The molecule has 0 saturated carbocycles. The summed E-state index contributed by atoms with van der Waals surface area (Å²) < 4.78 is 1.85. The van der Waals surface area contributed by atoms with Crippen LogP contribution in [0.3, 0.4) is 0 Å². The molecule has 2 atom stereocenters. The fourth-order valence-corrected chi connectivity index (χ4v) is 2.57. The van der Waals surface area contributed by atoms with Crippen LogP contribution in [0.5, 0.6) is 0 Å². The summed E-state index contributed by atoms with van der Waals surface area (Å²) in [5.74, 6) is 0. The van der Waals surface area contributed by atoms with Crippen LogP contribution in [0.25, 0.3) is 0 Å². The number of hydrogen-bond acceptors (Lipinski definition) is 3. The number of aryl methyl sites for hydroxylation is 1. The fourth-order valence-electron chi connectivity index (χ4n) is 1.74. The van der Waals surface area contributed by atoms with Crippen LogP contribution >= 0.6 is 22.9 Å². The summed E-state index contributed by atoms with van der Waals surface area (Å²) in [7, 11) is 0. The maximum atomic E-state index is 6.02. The zero-order chi connectivity index (χ0) is 11.7. The van der Waals surface area contributed by atoms with E-state index in [9.17, 15) is 0 Å². The van der Waals surface area contributed by atoms with Crippen LogP contribution < -0.4 is 5.73 Å². The molecule has 2 aromatic heterocycles. The van der Waals surface area contributed by atoms with Crippen molar-refractivity contribution in [3.05, 3.63) is 39.3 Å². The molecule has 0 saturated heterocycles. The van der Waals surface area contributed by atoms with Crippen molar-refractivity contribution in [2.24, 2.45) is 5.73 Å². The summed E-state index contributed by atoms with van der Waals surface area (Å²) in [4.78, 5) is 0. The van der Waals surface area contributed by atoms with Gasteiger partial charge in [-0.25, -0.2) is 0 Å². The Morgan fingerprint density at radius 3 is 2.75 bits per heavy atom. The summed E-state index contributed by atoms with van der Waals surface area (Å²) in [6, 6.07) is 2.12. The Morgan fingerprint density at radius 2 is 2.31 bits per heavy atom. The molecule has 2 heterocycles. The van der Waals surface area contributed by atoms with E-state index in [1.54, 1.807) is 11.3 Å². The van der Waals surface area contributed by atoms with Crippen molar-refractivity contribution in [3.8, 4) is 0 Å². The molecule has 0 fully saturated rings. The summed E-state index contributed by atoms with van der Waals surface area (Å²) in [6.45, 7) is 3.87. The first-order chi connectivity index (χ1) is 7.59. The molecule has 16 heavy (non-hydrogen) atoms. The second kappa shape index (κ2) is 4.57. The van der Waals surface area contributed by atoms with Crippen LogP contribution in [0.4, 0.5) is 0 Å². The molecule has 0 radical (unpaired) electrons. The van der Waals surface area contributed by atoms with E-state index in [1.165, 1.54) is 5.56 Å². The van der Waals surface area contributed by atoms with E-state index in [4.69, 9.17) is 17.3 Å². The molecule has 2 unspecified atom stereocenters. The van der Waals surface area contributed by atoms with Crippen molar-refractivity contribution in [1.29, 1.82) is 0 Å². The topological polar surface area (TPSA) is 43.8 Å². The minimum absolute atomic E-state index is 0.00929. The number of halogens is 1. The number of thiophene rings is 1. The minimum Gasteiger partial charge on any atom is -0.326 e. The maximum Gasteiger partial charge on any atom is 0.0925 e. The van der Waals surface area contributed by atoms with Crippen molar-refractivity contribution >= 4 is 22.9 Å². The van der Waals surface area contributed by atoms with Crippen LogP contribution in [-0.2, 0) is 0 Å². The van der Waals surface area contributed by atoms with Gasteiger partial charge in [-0.1, -0.05) is 11.6 Å². The van der Waals surface area contributed by atoms with Gasteiger partial charge in [-0.2, -0.15) is 16.4 Å². The molecule has 0 aliphatic carbocycles. The standard InChI is InChI=1S/C11H14ClN3S/c1-7(13)11(9-3-4-16-6-9)15-5-10(12)8(2)14-15/h3-7,11H,13H2,1-2H3. The van der Waals surface area contributed by atoms with Gasteiger partial charge >= 0.3 is 0 Å². The quantitative estimate of drug-likeness (QED) is 0.917. The smallest absolute Gasteiger partial charge is 0.0925 e. The number of nitrogens with zero attached hydrogens (tertiary/aromatic N) is 2. The highest BCUT2D eigenvalue weighted by atomic mass is 35.5. The average Bonchev–Trinajstić information content (AvgIpc) is 2.79. The third-order valence-electron chi connectivity index (χ3n) is 2.52. The van der Waals surface area contributed by atoms with Crippen molar-refractivity contribution in [1.82, 2.24) is 9.78 Å². The van der Waals surface area contributed by atoms with Crippen molar-refractivity contribution < 1.29 is 0 Å². The molecule has 0 aromatic carbocycles. The summed E-state index contributed by atoms with van der Waals surface area (Å²) in [5.41, 5.74) is 8.04. The van der Waals surface area contributed by atoms with Crippen LogP contribution in [0, 0.1) is 6.92 Å². The highest BCUT2D eigenvalue weighted by Gasteiger charge is 2.20. The van der Waals surface area contributed by atoms with Crippen LogP contribution in [0.1, 0.15) is 24.2 Å². The van der Waals surface area contributed by atoms with E-state index in [1.807, 2.05) is 30.1 Å². The van der Waals surface area contributed by atoms with Gasteiger partial charge in [0.2, 0.25) is 0 Å². The van der Waals surface area contributed by atoms with E-state index in [0.717, 1.165) is 5.69 Å². The molecular formula is C11H14ClN3S. The normalized spacial score (nSPS) is 15.0. The van der Waals surface area contributed by atoms with E-state index < -0.39 is 0 Å². The Labute approximate surface area is 104 Å².